The summed E-state index contributed by atoms with van der Waals surface area (Å²) in [5.41, 5.74) is 6.16. The van der Waals surface area contributed by atoms with Gasteiger partial charge in [-0.2, -0.15) is 0 Å². The van der Waals surface area contributed by atoms with Crippen LogP contribution in [0.5, 0.6) is 0 Å². The Hall–Kier alpha value is -0.120. The van der Waals surface area contributed by atoms with Crippen LogP contribution in [-0.2, 0) is 4.74 Å². The summed E-state index contributed by atoms with van der Waals surface area (Å²) >= 11 is 0. The molecular weight excluding hydrogens is 200 g/mol. The molecule has 0 aliphatic carbocycles. The van der Waals surface area contributed by atoms with E-state index in [1.807, 2.05) is 0 Å². The topological polar surface area (TPSA) is 38.5 Å². The summed E-state index contributed by atoms with van der Waals surface area (Å²) in [4.78, 5) is 2.60. The minimum atomic E-state index is 0.102. The number of hydrogen-bond acceptors (Lipinski definition) is 3. The van der Waals surface area contributed by atoms with Gasteiger partial charge in [0.1, 0.15) is 0 Å². The molecule has 0 aromatic heterocycles. The molecule has 3 unspecified atom stereocenters. The third-order valence-corrected chi connectivity index (χ3v) is 4.32. The van der Waals surface area contributed by atoms with Crippen molar-refractivity contribution in [2.45, 2.75) is 63.6 Å². The van der Waals surface area contributed by atoms with Gasteiger partial charge < -0.3 is 10.5 Å². The van der Waals surface area contributed by atoms with Crippen LogP contribution in [0.1, 0.15) is 46.0 Å². The van der Waals surface area contributed by atoms with Crippen LogP contribution in [-0.4, -0.2) is 42.3 Å². The van der Waals surface area contributed by atoms with E-state index in [1.54, 1.807) is 0 Å². The summed E-state index contributed by atoms with van der Waals surface area (Å²) in [7, 11) is 0. The lowest BCUT2D eigenvalue weighted by Gasteiger charge is -2.44. The number of hydrogen-bond donors (Lipinski definition) is 1. The van der Waals surface area contributed by atoms with Gasteiger partial charge in [0.05, 0.1) is 5.60 Å². The average Bonchev–Trinajstić information content (AvgIpc) is 2.29. The molecule has 0 radical (unpaired) electrons. The highest BCUT2D eigenvalue weighted by Crippen LogP contribution is 2.31. The van der Waals surface area contributed by atoms with E-state index in [0.717, 1.165) is 19.6 Å². The van der Waals surface area contributed by atoms with Crippen LogP contribution >= 0.6 is 0 Å². The van der Waals surface area contributed by atoms with Crippen LogP contribution in [0.15, 0.2) is 0 Å². The molecule has 3 atom stereocenters. The van der Waals surface area contributed by atoms with Crippen molar-refractivity contribution >= 4 is 0 Å². The molecule has 0 saturated carbocycles. The minimum Gasteiger partial charge on any atom is -0.375 e. The van der Waals surface area contributed by atoms with Crippen molar-refractivity contribution in [2.24, 2.45) is 5.73 Å². The van der Waals surface area contributed by atoms with Gasteiger partial charge in [-0.3, -0.25) is 4.90 Å². The van der Waals surface area contributed by atoms with Gasteiger partial charge in [0.2, 0.25) is 0 Å². The fourth-order valence-corrected chi connectivity index (χ4v) is 3.03. The Kier molecular flexibility index (Phi) is 3.88. The molecule has 0 spiro atoms. The normalized spacial score (nSPS) is 42.2. The first-order valence-corrected chi connectivity index (χ1v) is 6.76. The SMILES string of the molecule is CCC1(C)CC(N2CCCC(N)C2)CCO1. The first-order valence-electron chi connectivity index (χ1n) is 6.76. The maximum absolute atomic E-state index is 6.06. The lowest BCUT2D eigenvalue weighted by atomic mass is 9.88. The van der Waals surface area contributed by atoms with Gasteiger partial charge in [0, 0.05) is 25.2 Å². The summed E-state index contributed by atoms with van der Waals surface area (Å²) < 4.78 is 5.90. The Bertz CT molecular complexity index is 234. The Balaban J connectivity index is 1.93. The molecule has 2 N–H and O–H groups in total. The summed E-state index contributed by atoms with van der Waals surface area (Å²) in [5, 5.41) is 0. The molecule has 3 heteroatoms. The molecule has 2 fully saturated rings. The van der Waals surface area contributed by atoms with Crippen LogP contribution in [0.3, 0.4) is 0 Å². The number of nitrogens with two attached hydrogens (primary N) is 1. The van der Waals surface area contributed by atoms with E-state index in [9.17, 15) is 0 Å². The largest absolute Gasteiger partial charge is 0.375 e. The zero-order valence-corrected chi connectivity index (χ0v) is 10.7. The molecule has 2 aliphatic rings. The van der Waals surface area contributed by atoms with Crippen molar-refractivity contribution < 1.29 is 4.74 Å². The average molecular weight is 226 g/mol. The molecular formula is C13H26N2O. The zero-order chi connectivity index (χ0) is 11.6. The first kappa shape index (κ1) is 12.3. The van der Waals surface area contributed by atoms with Gasteiger partial charge in [-0.25, -0.2) is 0 Å². The summed E-state index contributed by atoms with van der Waals surface area (Å²) in [5.74, 6) is 0. The third-order valence-electron chi connectivity index (χ3n) is 4.32. The highest BCUT2D eigenvalue weighted by Gasteiger charge is 2.35. The summed E-state index contributed by atoms with van der Waals surface area (Å²) in [6.07, 6.45) is 5.94. The van der Waals surface area contributed by atoms with Gasteiger partial charge >= 0.3 is 0 Å². The minimum absolute atomic E-state index is 0.102. The van der Waals surface area contributed by atoms with E-state index in [4.69, 9.17) is 10.5 Å². The Labute approximate surface area is 99.3 Å². The fraction of sp³-hybridized carbons (Fsp3) is 1.00. The summed E-state index contributed by atoms with van der Waals surface area (Å²) in [6.45, 7) is 7.72. The third kappa shape index (κ3) is 2.76. The number of nitrogens with zero attached hydrogens (tertiary/aromatic N) is 1. The Morgan fingerprint density at radius 1 is 1.44 bits per heavy atom. The number of likely N-dealkylation sites (tertiary alicyclic amines) is 1. The summed E-state index contributed by atoms with van der Waals surface area (Å²) in [6, 6.07) is 1.09. The smallest absolute Gasteiger partial charge is 0.0666 e. The molecule has 0 aromatic rings. The van der Waals surface area contributed by atoms with E-state index < -0.39 is 0 Å². The monoisotopic (exact) mass is 226 g/mol. The number of piperidine rings is 1. The lowest BCUT2D eigenvalue weighted by Crippen LogP contribution is -2.52. The first-order chi connectivity index (χ1) is 7.63. The zero-order valence-electron chi connectivity index (χ0n) is 10.7. The van der Waals surface area contributed by atoms with E-state index in [-0.39, 0.29) is 5.60 Å². The second-order valence-electron chi connectivity index (χ2n) is 5.70. The molecule has 16 heavy (non-hydrogen) atoms. The lowest BCUT2D eigenvalue weighted by molar-refractivity contribution is -0.0989. The van der Waals surface area contributed by atoms with Gasteiger partial charge in [-0.1, -0.05) is 6.92 Å². The molecule has 2 saturated heterocycles. The van der Waals surface area contributed by atoms with E-state index in [0.29, 0.717) is 12.1 Å². The highest BCUT2D eigenvalue weighted by atomic mass is 16.5. The van der Waals surface area contributed by atoms with Crippen molar-refractivity contribution in [1.82, 2.24) is 4.90 Å². The van der Waals surface area contributed by atoms with Crippen LogP contribution < -0.4 is 5.73 Å². The van der Waals surface area contributed by atoms with Crippen LogP contribution in [0.25, 0.3) is 0 Å². The predicted molar refractivity (Wildman–Crippen MR) is 66.5 cm³/mol. The van der Waals surface area contributed by atoms with Crippen molar-refractivity contribution in [3.63, 3.8) is 0 Å². The standard InChI is InChI=1S/C13H26N2O/c1-3-13(2)9-12(6-8-16-13)15-7-4-5-11(14)10-15/h11-12H,3-10,14H2,1-2H3. The second kappa shape index (κ2) is 5.03. The quantitative estimate of drug-likeness (QED) is 0.779. The van der Waals surface area contributed by atoms with E-state index >= 15 is 0 Å². The maximum atomic E-state index is 6.06. The molecule has 0 aromatic carbocycles. The van der Waals surface area contributed by atoms with Gasteiger partial charge in [0.25, 0.3) is 0 Å². The molecule has 0 amide bonds. The van der Waals surface area contributed by atoms with Crippen LogP contribution in [0, 0.1) is 0 Å². The molecule has 0 bridgehead atoms. The molecule has 3 nitrogen and oxygen atoms in total. The number of ether oxygens (including phenoxy) is 1. The van der Waals surface area contributed by atoms with E-state index in [1.165, 1.54) is 32.2 Å². The fourth-order valence-electron chi connectivity index (χ4n) is 3.03. The Morgan fingerprint density at radius 2 is 2.25 bits per heavy atom. The molecule has 2 rings (SSSR count). The predicted octanol–water partition coefficient (Wildman–Crippen LogP) is 1.76. The second-order valence-corrected chi connectivity index (χ2v) is 5.70. The molecule has 2 aliphatic heterocycles. The van der Waals surface area contributed by atoms with E-state index in [2.05, 4.69) is 18.7 Å². The Morgan fingerprint density at radius 3 is 2.94 bits per heavy atom. The van der Waals surface area contributed by atoms with Gasteiger partial charge in [-0.15, -0.1) is 0 Å². The van der Waals surface area contributed by atoms with Crippen molar-refractivity contribution in [3.05, 3.63) is 0 Å². The van der Waals surface area contributed by atoms with Crippen LogP contribution in [0.4, 0.5) is 0 Å². The van der Waals surface area contributed by atoms with Crippen molar-refractivity contribution in [1.29, 1.82) is 0 Å². The maximum Gasteiger partial charge on any atom is 0.0666 e. The molecule has 94 valence electrons. The van der Waals surface area contributed by atoms with Crippen LogP contribution in [0.2, 0.25) is 0 Å². The highest BCUT2D eigenvalue weighted by molar-refractivity contribution is 4.89. The van der Waals surface area contributed by atoms with Crippen molar-refractivity contribution in [3.8, 4) is 0 Å². The number of rotatable bonds is 2. The van der Waals surface area contributed by atoms with Crippen molar-refractivity contribution in [2.75, 3.05) is 19.7 Å². The molecule has 2 heterocycles. The van der Waals surface area contributed by atoms with Gasteiger partial charge in [0.15, 0.2) is 0 Å². The van der Waals surface area contributed by atoms with Gasteiger partial charge in [-0.05, 0) is 45.6 Å².